The zero-order chi connectivity index (χ0) is 18.4. The highest BCUT2D eigenvalue weighted by Crippen LogP contribution is 2.10. The van der Waals surface area contributed by atoms with E-state index in [9.17, 15) is 9.59 Å². The van der Waals surface area contributed by atoms with Crippen molar-refractivity contribution in [1.29, 1.82) is 0 Å². The molecule has 1 rings (SSSR count). The number of methoxy groups -OCH3 is 4. The zero-order valence-electron chi connectivity index (χ0n) is 14.6. The summed E-state index contributed by atoms with van der Waals surface area (Å²) in [6, 6.07) is 2.80. The highest BCUT2D eigenvalue weighted by atomic mass is 16.7. The molecule has 0 saturated carbocycles. The lowest BCUT2D eigenvalue weighted by molar-refractivity contribution is -0.206. The molecule has 2 N–H and O–H groups in total. The minimum absolute atomic E-state index is 0.0273. The van der Waals surface area contributed by atoms with Crippen LogP contribution in [-0.2, 0) is 18.9 Å². The smallest absolute Gasteiger partial charge is 0.273 e. The first-order valence-electron chi connectivity index (χ1n) is 7.04. The molecule has 1 heterocycles. The van der Waals surface area contributed by atoms with Crippen LogP contribution in [0.5, 0.6) is 0 Å². The monoisotopic (exact) mass is 341 g/mol. The molecule has 24 heavy (non-hydrogen) atoms. The number of aromatic nitrogens is 1. The second-order valence-corrected chi connectivity index (χ2v) is 5.05. The SMILES string of the molecule is COC(C)(NC(=O)c1ccnc(C(=O)NC(C)(OC)OC)c1)OC. The second kappa shape index (κ2) is 8.15. The number of hydrogen-bond donors (Lipinski definition) is 2. The van der Waals surface area contributed by atoms with Gasteiger partial charge < -0.3 is 24.3 Å². The number of nitrogens with one attached hydrogen (secondary N) is 2. The summed E-state index contributed by atoms with van der Waals surface area (Å²) in [5.74, 6) is -3.63. The van der Waals surface area contributed by atoms with Gasteiger partial charge in [0.05, 0.1) is 0 Å². The lowest BCUT2D eigenvalue weighted by Crippen LogP contribution is -2.49. The van der Waals surface area contributed by atoms with Crippen molar-refractivity contribution in [3.05, 3.63) is 29.6 Å². The molecule has 0 aliphatic rings. The highest BCUT2D eigenvalue weighted by molar-refractivity contribution is 5.98. The van der Waals surface area contributed by atoms with Crippen molar-refractivity contribution in [2.45, 2.75) is 25.7 Å². The minimum Gasteiger partial charge on any atom is -0.336 e. The van der Waals surface area contributed by atoms with Crippen LogP contribution in [0.3, 0.4) is 0 Å². The normalized spacial score (nSPS) is 11.9. The van der Waals surface area contributed by atoms with Crippen molar-refractivity contribution in [2.75, 3.05) is 28.4 Å². The molecule has 134 valence electrons. The van der Waals surface area contributed by atoms with E-state index in [1.165, 1.54) is 53.7 Å². The zero-order valence-corrected chi connectivity index (χ0v) is 14.6. The molecule has 0 aromatic carbocycles. The van der Waals surface area contributed by atoms with E-state index < -0.39 is 23.6 Å². The van der Waals surface area contributed by atoms with E-state index in [1.807, 2.05) is 0 Å². The molecule has 0 aliphatic heterocycles. The molecule has 1 aromatic rings. The standard InChI is InChI=1S/C15H23N3O6/c1-14(21-3,22-4)17-12(19)10-7-8-16-11(9-10)13(20)18-15(2,23-5)24-6/h7-9H,1-6H3,(H,17,19)(H,18,20). The molecule has 0 bridgehead atoms. The molecule has 0 spiro atoms. The van der Waals surface area contributed by atoms with Crippen LogP contribution in [0.2, 0.25) is 0 Å². The second-order valence-electron chi connectivity index (χ2n) is 5.05. The Bertz CT molecular complexity index is 537. The number of hydrogen-bond acceptors (Lipinski definition) is 7. The maximum absolute atomic E-state index is 12.3. The van der Waals surface area contributed by atoms with Crippen molar-refractivity contribution in [1.82, 2.24) is 15.6 Å². The molecule has 9 nitrogen and oxygen atoms in total. The van der Waals surface area contributed by atoms with Gasteiger partial charge in [-0.25, -0.2) is 0 Å². The third-order valence-electron chi connectivity index (χ3n) is 3.49. The van der Waals surface area contributed by atoms with Crippen LogP contribution < -0.4 is 10.6 Å². The number of carbonyl (C=O) groups is 2. The van der Waals surface area contributed by atoms with Crippen molar-refractivity contribution in [3.63, 3.8) is 0 Å². The number of ether oxygens (including phenoxy) is 4. The van der Waals surface area contributed by atoms with Gasteiger partial charge in [-0.1, -0.05) is 0 Å². The summed E-state index contributed by atoms with van der Waals surface area (Å²) in [6.45, 7) is 3.08. The fourth-order valence-electron chi connectivity index (χ4n) is 1.62. The molecule has 1 aromatic heterocycles. The molecular weight excluding hydrogens is 318 g/mol. The molecule has 0 unspecified atom stereocenters. The number of carbonyl (C=O) groups excluding carboxylic acids is 2. The Morgan fingerprint density at radius 3 is 1.83 bits per heavy atom. The largest absolute Gasteiger partial charge is 0.336 e. The van der Waals surface area contributed by atoms with Crippen LogP contribution in [-0.4, -0.2) is 57.1 Å². The Labute approximate surface area is 140 Å². The van der Waals surface area contributed by atoms with Gasteiger partial charge in [0.25, 0.3) is 11.8 Å². The fourth-order valence-corrected chi connectivity index (χ4v) is 1.62. The van der Waals surface area contributed by atoms with Gasteiger partial charge in [0, 0.05) is 54.0 Å². The average molecular weight is 341 g/mol. The Balaban J connectivity index is 2.94. The highest BCUT2D eigenvalue weighted by Gasteiger charge is 2.28. The maximum atomic E-state index is 12.3. The van der Waals surface area contributed by atoms with Gasteiger partial charge in [0.15, 0.2) is 0 Å². The maximum Gasteiger partial charge on any atom is 0.273 e. The summed E-state index contributed by atoms with van der Waals surface area (Å²) >= 11 is 0. The Morgan fingerprint density at radius 1 is 0.917 bits per heavy atom. The summed E-state index contributed by atoms with van der Waals surface area (Å²) in [5, 5.41) is 5.07. The van der Waals surface area contributed by atoms with E-state index in [-0.39, 0.29) is 11.3 Å². The summed E-state index contributed by atoms with van der Waals surface area (Å²) < 4.78 is 20.3. The molecule has 0 aliphatic carbocycles. The Hall–Kier alpha value is -2.07. The lowest BCUT2D eigenvalue weighted by Gasteiger charge is -2.27. The molecule has 2 amide bonds. The number of nitrogens with zero attached hydrogens (tertiary/aromatic N) is 1. The minimum atomic E-state index is -1.30. The third kappa shape index (κ3) is 4.96. The van der Waals surface area contributed by atoms with Crippen molar-refractivity contribution in [2.24, 2.45) is 0 Å². The number of amides is 2. The molecule has 0 saturated heterocycles. The number of rotatable bonds is 8. The Kier molecular flexibility index (Phi) is 6.79. The van der Waals surface area contributed by atoms with Gasteiger partial charge in [-0.3, -0.25) is 19.9 Å². The van der Waals surface area contributed by atoms with Crippen molar-refractivity contribution in [3.8, 4) is 0 Å². The van der Waals surface area contributed by atoms with E-state index in [0.29, 0.717) is 0 Å². The lowest BCUT2D eigenvalue weighted by atomic mass is 10.2. The third-order valence-corrected chi connectivity index (χ3v) is 3.49. The van der Waals surface area contributed by atoms with Crippen LogP contribution in [0.4, 0.5) is 0 Å². The van der Waals surface area contributed by atoms with E-state index in [1.54, 1.807) is 6.92 Å². The molecule has 0 fully saturated rings. The average Bonchev–Trinajstić information content (AvgIpc) is 2.61. The van der Waals surface area contributed by atoms with Crippen LogP contribution in [0.15, 0.2) is 18.3 Å². The van der Waals surface area contributed by atoms with Crippen LogP contribution in [0.1, 0.15) is 34.7 Å². The van der Waals surface area contributed by atoms with E-state index in [2.05, 4.69) is 15.6 Å². The molecule has 9 heteroatoms. The molecule has 0 atom stereocenters. The number of pyridine rings is 1. The van der Waals surface area contributed by atoms with Gasteiger partial charge in [-0.15, -0.1) is 0 Å². The van der Waals surface area contributed by atoms with Crippen molar-refractivity contribution >= 4 is 11.8 Å². The van der Waals surface area contributed by atoms with Crippen LogP contribution in [0.25, 0.3) is 0 Å². The van der Waals surface area contributed by atoms with Gasteiger partial charge in [0.1, 0.15) is 5.69 Å². The fraction of sp³-hybridized carbons (Fsp3) is 0.533. The summed E-state index contributed by atoms with van der Waals surface area (Å²) in [4.78, 5) is 28.5. The summed E-state index contributed by atoms with van der Waals surface area (Å²) in [7, 11) is 5.56. The molecule has 0 radical (unpaired) electrons. The van der Waals surface area contributed by atoms with Crippen LogP contribution >= 0.6 is 0 Å². The van der Waals surface area contributed by atoms with E-state index in [0.717, 1.165) is 0 Å². The topological polar surface area (TPSA) is 108 Å². The van der Waals surface area contributed by atoms with Gasteiger partial charge in [-0.05, 0) is 12.1 Å². The first-order valence-corrected chi connectivity index (χ1v) is 7.04. The van der Waals surface area contributed by atoms with Gasteiger partial charge >= 0.3 is 0 Å². The van der Waals surface area contributed by atoms with Crippen LogP contribution in [0, 0.1) is 0 Å². The van der Waals surface area contributed by atoms with E-state index >= 15 is 0 Å². The van der Waals surface area contributed by atoms with Gasteiger partial charge in [-0.2, -0.15) is 0 Å². The predicted molar refractivity (Wildman–Crippen MR) is 84.0 cm³/mol. The first-order chi connectivity index (χ1) is 11.2. The van der Waals surface area contributed by atoms with Gasteiger partial charge in [0.2, 0.25) is 11.8 Å². The first kappa shape index (κ1) is 20.0. The molecular formula is C15H23N3O6. The summed E-state index contributed by atoms with van der Waals surface area (Å²) in [6.07, 6.45) is 1.34. The quantitative estimate of drug-likeness (QED) is 0.662. The summed E-state index contributed by atoms with van der Waals surface area (Å²) in [5.41, 5.74) is 0.242. The Morgan fingerprint density at radius 2 is 1.38 bits per heavy atom. The van der Waals surface area contributed by atoms with E-state index in [4.69, 9.17) is 18.9 Å². The predicted octanol–water partition coefficient (Wildman–Crippen LogP) is 0.474. The van der Waals surface area contributed by atoms with Crippen molar-refractivity contribution < 1.29 is 28.5 Å².